The Balaban J connectivity index is 1.78. The standard InChI is InChI=1S/C11H17N3OS2/c1-9(14-2-4-16-5-3-14)11(15)13-7-10-6-12-8-17-10/h6,8-9H,2-5,7H2,1H3,(H,13,15). The normalized spacial score (nSPS) is 18.9. The van der Waals surface area contributed by atoms with Gasteiger partial charge in [-0.05, 0) is 6.92 Å². The lowest BCUT2D eigenvalue weighted by molar-refractivity contribution is -0.125. The quantitative estimate of drug-likeness (QED) is 0.894. The highest BCUT2D eigenvalue weighted by molar-refractivity contribution is 7.99. The molecule has 1 fully saturated rings. The molecule has 1 saturated heterocycles. The largest absolute Gasteiger partial charge is 0.350 e. The molecule has 4 nitrogen and oxygen atoms in total. The van der Waals surface area contributed by atoms with Gasteiger partial charge in [-0.1, -0.05) is 0 Å². The minimum absolute atomic E-state index is 0.0242. The molecule has 94 valence electrons. The van der Waals surface area contributed by atoms with Crippen LogP contribution in [0.15, 0.2) is 11.7 Å². The van der Waals surface area contributed by atoms with E-state index >= 15 is 0 Å². The molecular weight excluding hydrogens is 254 g/mol. The molecule has 2 rings (SSSR count). The van der Waals surface area contributed by atoms with Gasteiger partial charge in [-0.2, -0.15) is 11.8 Å². The maximum Gasteiger partial charge on any atom is 0.237 e. The van der Waals surface area contributed by atoms with Crippen molar-refractivity contribution in [3.8, 4) is 0 Å². The fraction of sp³-hybridized carbons (Fsp3) is 0.636. The number of aromatic nitrogens is 1. The van der Waals surface area contributed by atoms with E-state index in [1.165, 1.54) is 0 Å². The second-order valence-corrected chi connectivity index (χ2v) is 6.21. The van der Waals surface area contributed by atoms with Crippen molar-refractivity contribution in [2.45, 2.75) is 19.5 Å². The predicted molar refractivity (Wildman–Crippen MR) is 72.3 cm³/mol. The number of thioether (sulfide) groups is 1. The Kier molecular flexibility index (Phi) is 4.82. The van der Waals surface area contributed by atoms with Crippen LogP contribution in [-0.2, 0) is 11.3 Å². The SMILES string of the molecule is CC(C(=O)NCc1cncs1)N1CCSCC1. The zero-order valence-electron chi connectivity index (χ0n) is 9.89. The summed E-state index contributed by atoms with van der Waals surface area (Å²) in [5, 5.41) is 2.97. The molecule has 0 radical (unpaired) electrons. The molecule has 1 aliphatic rings. The molecule has 1 unspecified atom stereocenters. The van der Waals surface area contributed by atoms with Crippen LogP contribution in [0.4, 0.5) is 0 Å². The van der Waals surface area contributed by atoms with E-state index < -0.39 is 0 Å². The molecule has 2 heterocycles. The molecular formula is C11H17N3OS2. The molecule has 0 aromatic carbocycles. The zero-order chi connectivity index (χ0) is 12.1. The van der Waals surface area contributed by atoms with Gasteiger partial charge in [-0.3, -0.25) is 14.7 Å². The van der Waals surface area contributed by atoms with Crippen molar-refractivity contribution in [1.29, 1.82) is 0 Å². The maximum absolute atomic E-state index is 12.0. The van der Waals surface area contributed by atoms with Crippen LogP contribution in [0.25, 0.3) is 0 Å². The van der Waals surface area contributed by atoms with Gasteiger partial charge in [0.2, 0.25) is 5.91 Å². The molecule has 1 atom stereocenters. The number of thiazole rings is 1. The molecule has 1 amide bonds. The van der Waals surface area contributed by atoms with Gasteiger partial charge in [0.15, 0.2) is 0 Å². The van der Waals surface area contributed by atoms with Gasteiger partial charge in [0, 0.05) is 35.7 Å². The Morgan fingerprint density at radius 2 is 2.35 bits per heavy atom. The van der Waals surface area contributed by atoms with E-state index in [4.69, 9.17) is 0 Å². The van der Waals surface area contributed by atoms with Gasteiger partial charge >= 0.3 is 0 Å². The summed E-state index contributed by atoms with van der Waals surface area (Å²) in [4.78, 5) is 19.3. The zero-order valence-corrected chi connectivity index (χ0v) is 11.5. The molecule has 1 aliphatic heterocycles. The number of hydrogen-bond donors (Lipinski definition) is 1. The fourth-order valence-corrected chi connectivity index (χ4v) is 3.25. The van der Waals surface area contributed by atoms with E-state index in [1.54, 1.807) is 23.0 Å². The van der Waals surface area contributed by atoms with Crippen molar-refractivity contribution in [2.24, 2.45) is 0 Å². The van der Waals surface area contributed by atoms with E-state index in [0.29, 0.717) is 6.54 Å². The summed E-state index contributed by atoms with van der Waals surface area (Å²) in [6.07, 6.45) is 1.80. The van der Waals surface area contributed by atoms with Crippen LogP contribution < -0.4 is 5.32 Å². The van der Waals surface area contributed by atoms with Gasteiger partial charge < -0.3 is 5.32 Å². The van der Waals surface area contributed by atoms with E-state index in [1.807, 2.05) is 18.7 Å². The lowest BCUT2D eigenvalue weighted by Crippen LogP contribution is -2.48. The summed E-state index contributed by atoms with van der Waals surface area (Å²) in [6, 6.07) is -0.0242. The van der Waals surface area contributed by atoms with E-state index in [9.17, 15) is 4.79 Å². The van der Waals surface area contributed by atoms with Crippen LogP contribution in [0.1, 0.15) is 11.8 Å². The summed E-state index contributed by atoms with van der Waals surface area (Å²) in [7, 11) is 0. The first-order valence-corrected chi connectivity index (χ1v) is 7.77. The smallest absolute Gasteiger partial charge is 0.237 e. The van der Waals surface area contributed by atoms with E-state index in [2.05, 4.69) is 15.2 Å². The highest BCUT2D eigenvalue weighted by atomic mass is 32.2. The van der Waals surface area contributed by atoms with Crippen LogP contribution in [0.3, 0.4) is 0 Å². The van der Waals surface area contributed by atoms with Crippen molar-refractivity contribution in [3.05, 3.63) is 16.6 Å². The monoisotopic (exact) mass is 271 g/mol. The van der Waals surface area contributed by atoms with Crippen LogP contribution in [0.5, 0.6) is 0 Å². The van der Waals surface area contributed by atoms with Crippen molar-refractivity contribution >= 4 is 29.0 Å². The number of nitrogens with one attached hydrogen (secondary N) is 1. The Morgan fingerprint density at radius 3 is 3.00 bits per heavy atom. The number of carbonyl (C=O) groups excluding carboxylic acids is 1. The third-order valence-electron chi connectivity index (χ3n) is 2.89. The number of carbonyl (C=O) groups is 1. The summed E-state index contributed by atoms with van der Waals surface area (Å²) in [6.45, 7) is 4.61. The highest BCUT2D eigenvalue weighted by Crippen LogP contribution is 2.12. The molecule has 1 aromatic heterocycles. The van der Waals surface area contributed by atoms with Crippen LogP contribution >= 0.6 is 23.1 Å². The van der Waals surface area contributed by atoms with Crippen molar-refractivity contribution in [2.75, 3.05) is 24.6 Å². The van der Waals surface area contributed by atoms with Gasteiger partial charge in [-0.15, -0.1) is 11.3 Å². The van der Waals surface area contributed by atoms with Gasteiger partial charge in [-0.25, -0.2) is 0 Å². The summed E-state index contributed by atoms with van der Waals surface area (Å²) in [5.74, 6) is 2.38. The van der Waals surface area contributed by atoms with Gasteiger partial charge in [0.1, 0.15) is 0 Å². The highest BCUT2D eigenvalue weighted by Gasteiger charge is 2.22. The van der Waals surface area contributed by atoms with Gasteiger partial charge in [0.05, 0.1) is 18.1 Å². The van der Waals surface area contributed by atoms with Crippen molar-refractivity contribution in [3.63, 3.8) is 0 Å². The third-order valence-corrected chi connectivity index (χ3v) is 4.62. The van der Waals surface area contributed by atoms with E-state index in [-0.39, 0.29) is 11.9 Å². The summed E-state index contributed by atoms with van der Waals surface area (Å²) in [5.41, 5.74) is 1.78. The maximum atomic E-state index is 12.0. The molecule has 0 bridgehead atoms. The topological polar surface area (TPSA) is 45.2 Å². The number of hydrogen-bond acceptors (Lipinski definition) is 5. The molecule has 1 aromatic rings. The van der Waals surface area contributed by atoms with Crippen molar-refractivity contribution < 1.29 is 4.79 Å². The average Bonchev–Trinajstić information content (AvgIpc) is 2.89. The lowest BCUT2D eigenvalue weighted by Gasteiger charge is -2.31. The van der Waals surface area contributed by atoms with Crippen molar-refractivity contribution in [1.82, 2.24) is 15.2 Å². The minimum atomic E-state index is -0.0242. The molecule has 0 aliphatic carbocycles. The lowest BCUT2D eigenvalue weighted by atomic mass is 10.2. The molecule has 6 heteroatoms. The summed E-state index contributed by atoms with van der Waals surface area (Å²) >= 11 is 3.53. The molecule has 0 saturated carbocycles. The second-order valence-electron chi connectivity index (χ2n) is 4.01. The predicted octanol–water partition coefficient (Wildman–Crippen LogP) is 1.20. The van der Waals surface area contributed by atoms with Crippen LogP contribution in [0.2, 0.25) is 0 Å². The van der Waals surface area contributed by atoms with E-state index in [0.717, 1.165) is 29.5 Å². The Bertz CT molecular complexity index is 350. The van der Waals surface area contributed by atoms with Crippen LogP contribution in [-0.4, -0.2) is 46.4 Å². The second kappa shape index (κ2) is 6.37. The molecule has 1 N–H and O–H groups in total. The Hall–Kier alpha value is -0.590. The van der Waals surface area contributed by atoms with Crippen LogP contribution in [0, 0.1) is 0 Å². The summed E-state index contributed by atoms with van der Waals surface area (Å²) < 4.78 is 0. The third kappa shape index (κ3) is 3.69. The fourth-order valence-electron chi connectivity index (χ4n) is 1.78. The molecule has 0 spiro atoms. The first-order valence-electron chi connectivity index (χ1n) is 5.74. The Morgan fingerprint density at radius 1 is 1.59 bits per heavy atom. The molecule has 17 heavy (non-hydrogen) atoms. The van der Waals surface area contributed by atoms with Gasteiger partial charge in [0.25, 0.3) is 0 Å². The Labute approximate surface area is 110 Å². The number of rotatable bonds is 4. The first kappa shape index (κ1) is 12.9. The minimum Gasteiger partial charge on any atom is -0.350 e. The first-order chi connectivity index (χ1) is 8.27. The number of amides is 1. The average molecular weight is 271 g/mol. The number of nitrogens with zero attached hydrogens (tertiary/aromatic N) is 2.